The Hall–Kier alpha value is -2.44. The molecule has 1 amide bonds. The van der Waals surface area contributed by atoms with Crippen LogP contribution in [0.4, 0.5) is 0 Å². The number of hydrogen-bond donors (Lipinski definition) is 0. The molecule has 1 aliphatic rings. The largest absolute Gasteiger partial charge is 0.450 e. The van der Waals surface area contributed by atoms with Gasteiger partial charge in [-0.2, -0.15) is 0 Å². The van der Waals surface area contributed by atoms with Crippen LogP contribution in [0.25, 0.3) is 11.0 Å². The summed E-state index contributed by atoms with van der Waals surface area (Å²) in [5.74, 6) is -0.0970. The molecule has 1 atom stereocenters. The molecule has 6 heteroatoms. The van der Waals surface area contributed by atoms with Crippen molar-refractivity contribution in [3.05, 3.63) is 79.6 Å². The van der Waals surface area contributed by atoms with Gasteiger partial charge in [0.25, 0.3) is 5.91 Å². The first kappa shape index (κ1) is 21.8. The highest BCUT2D eigenvalue weighted by atomic mass is 79.9. The van der Waals surface area contributed by atoms with E-state index in [0.717, 1.165) is 16.5 Å². The van der Waals surface area contributed by atoms with E-state index >= 15 is 0 Å². The minimum absolute atomic E-state index is 0.135. The summed E-state index contributed by atoms with van der Waals surface area (Å²) >= 11 is 3.43. The van der Waals surface area contributed by atoms with Gasteiger partial charge in [0.05, 0.1) is 23.1 Å². The first-order valence-electron chi connectivity index (χ1n) is 10.7. The Bertz CT molecular complexity index is 1170. The third-order valence-corrected chi connectivity index (χ3v) is 6.12. The molecule has 0 N–H and O–H groups in total. The molecule has 0 radical (unpaired) electrons. The summed E-state index contributed by atoms with van der Waals surface area (Å²) in [4.78, 5) is 28.6. The third kappa shape index (κ3) is 4.19. The molecular weight excluding hydrogens is 458 g/mol. The fourth-order valence-electron chi connectivity index (χ4n) is 4.06. The minimum Gasteiger partial charge on any atom is -0.450 e. The Morgan fingerprint density at radius 1 is 1.13 bits per heavy atom. The fraction of sp³-hybridized carbons (Fsp3) is 0.360. The Morgan fingerprint density at radius 3 is 2.55 bits per heavy atom. The van der Waals surface area contributed by atoms with E-state index in [2.05, 4.69) is 35.0 Å². The molecule has 0 bridgehead atoms. The molecule has 0 aliphatic carbocycles. The molecule has 0 spiro atoms. The first-order valence-corrected chi connectivity index (χ1v) is 11.5. The van der Waals surface area contributed by atoms with Crippen molar-refractivity contribution in [3.8, 4) is 0 Å². The van der Waals surface area contributed by atoms with Crippen molar-refractivity contribution in [2.24, 2.45) is 0 Å². The fourth-order valence-corrected chi connectivity index (χ4v) is 4.42. The van der Waals surface area contributed by atoms with Gasteiger partial charge in [0.15, 0.2) is 5.43 Å². The van der Waals surface area contributed by atoms with Crippen LogP contribution in [0.15, 0.2) is 56.1 Å². The summed E-state index contributed by atoms with van der Waals surface area (Å²) in [6.45, 7) is 7.11. The molecule has 4 rings (SSSR count). The van der Waals surface area contributed by atoms with Crippen molar-refractivity contribution in [3.63, 3.8) is 0 Å². The monoisotopic (exact) mass is 483 g/mol. The highest BCUT2D eigenvalue weighted by molar-refractivity contribution is 9.10. The number of ether oxygens (including phenoxy) is 1. The highest BCUT2D eigenvalue weighted by Gasteiger charge is 2.42. The number of nitrogens with zero attached hydrogens (tertiary/aromatic N) is 1. The van der Waals surface area contributed by atoms with Gasteiger partial charge in [-0.05, 0) is 56.0 Å². The van der Waals surface area contributed by atoms with E-state index in [0.29, 0.717) is 36.1 Å². The molecule has 2 aromatic carbocycles. The number of amides is 1. The van der Waals surface area contributed by atoms with E-state index in [1.807, 2.05) is 26.0 Å². The Labute approximate surface area is 190 Å². The average Bonchev–Trinajstić information content (AvgIpc) is 3.04. The van der Waals surface area contributed by atoms with Crippen LogP contribution >= 0.6 is 15.9 Å². The smallest absolute Gasteiger partial charge is 0.290 e. The Kier molecular flexibility index (Phi) is 6.30. The molecule has 162 valence electrons. The second-order valence-electron chi connectivity index (χ2n) is 8.08. The zero-order chi connectivity index (χ0) is 22.1. The van der Waals surface area contributed by atoms with Crippen molar-refractivity contribution < 1.29 is 13.9 Å². The zero-order valence-electron chi connectivity index (χ0n) is 18.0. The average molecular weight is 484 g/mol. The maximum absolute atomic E-state index is 13.5. The van der Waals surface area contributed by atoms with Crippen LogP contribution in [-0.4, -0.2) is 30.1 Å². The first-order chi connectivity index (χ1) is 14.9. The van der Waals surface area contributed by atoms with Crippen molar-refractivity contribution in [2.45, 2.75) is 45.8 Å². The van der Waals surface area contributed by atoms with Gasteiger partial charge in [0, 0.05) is 17.6 Å². The van der Waals surface area contributed by atoms with Gasteiger partial charge < -0.3 is 14.1 Å². The van der Waals surface area contributed by atoms with Gasteiger partial charge in [0.2, 0.25) is 5.76 Å². The van der Waals surface area contributed by atoms with E-state index in [-0.39, 0.29) is 23.2 Å². The lowest BCUT2D eigenvalue weighted by molar-refractivity contribution is 0.0593. The Balaban J connectivity index is 1.81. The number of benzene rings is 2. The highest BCUT2D eigenvalue weighted by Crippen LogP contribution is 2.38. The number of aryl methyl sites for hydroxylation is 1. The molecule has 1 unspecified atom stereocenters. The van der Waals surface area contributed by atoms with Crippen molar-refractivity contribution in [2.75, 3.05) is 13.2 Å². The van der Waals surface area contributed by atoms with Crippen LogP contribution in [0.5, 0.6) is 0 Å². The lowest BCUT2D eigenvalue weighted by Crippen LogP contribution is -2.31. The maximum Gasteiger partial charge on any atom is 0.290 e. The molecule has 0 saturated carbocycles. The quantitative estimate of drug-likeness (QED) is 0.417. The minimum atomic E-state index is -0.466. The lowest BCUT2D eigenvalue weighted by atomic mass is 9.97. The predicted octanol–water partition coefficient (Wildman–Crippen LogP) is 5.48. The van der Waals surface area contributed by atoms with Gasteiger partial charge in [-0.15, -0.1) is 0 Å². The molecule has 1 aromatic heterocycles. The summed E-state index contributed by atoms with van der Waals surface area (Å²) in [5.41, 5.74) is 2.81. The summed E-state index contributed by atoms with van der Waals surface area (Å²) in [6.07, 6.45) is 1.74. The van der Waals surface area contributed by atoms with Crippen molar-refractivity contribution >= 4 is 32.8 Å². The number of halogens is 1. The molecule has 3 aromatic rings. The van der Waals surface area contributed by atoms with Crippen molar-refractivity contribution in [1.29, 1.82) is 0 Å². The van der Waals surface area contributed by atoms with Gasteiger partial charge in [0.1, 0.15) is 5.58 Å². The Morgan fingerprint density at radius 2 is 1.87 bits per heavy atom. The molecule has 0 fully saturated rings. The van der Waals surface area contributed by atoms with Crippen LogP contribution in [-0.2, 0) is 11.2 Å². The lowest BCUT2D eigenvalue weighted by Gasteiger charge is -2.25. The van der Waals surface area contributed by atoms with Gasteiger partial charge in [-0.25, -0.2) is 0 Å². The van der Waals surface area contributed by atoms with E-state index < -0.39 is 6.04 Å². The predicted molar refractivity (Wildman–Crippen MR) is 125 cm³/mol. The van der Waals surface area contributed by atoms with Crippen LogP contribution in [0.3, 0.4) is 0 Å². The number of rotatable bonds is 7. The second-order valence-corrected chi connectivity index (χ2v) is 9.00. The van der Waals surface area contributed by atoms with E-state index in [4.69, 9.17) is 9.15 Å². The van der Waals surface area contributed by atoms with E-state index in [1.165, 1.54) is 5.56 Å². The number of carbonyl (C=O) groups excluding carboxylic acids is 1. The maximum atomic E-state index is 13.5. The number of carbonyl (C=O) groups is 1. The molecule has 2 heterocycles. The molecule has 5 nitrogen and oxygen atoms in total. The summed E-state index contributed by atoms with van der Waals surface area (Å²) in [6, 6.07) is 12.9. The van der Waals surface area contributed by atoms with E-state index in [1.54, 1.807) is 23.1 Å². The zero-order valence-corrected chi connectivity index (χ0v) is 19.6. The van der Waals surface area contributed by atoms with E-state index in [9.17, 15) is 9.59 Å². The van der Waals surface area contributed by atoms with Gasteiger partial charge in [-0.3, -0.25) is 9.59 Å². The molecule has 1 aliphatic heterocycles. The molecule has 31 heavy (non-hydrogen) atoms. The van der Waals surface area contributed by atoms with Crippen LogP contribution < -0.4 is 5.43 Å². The third-order valence-electron chi connectivity index (χ3n) is 5.63. The number of fused-ring (bicyclic) bond motifs is 2. The normalized spacial score (nSPS) is 15.8. The topological polar surface area (TPSA) is 59.8 Å². The molecule has 0 saturated heterocycles. The summed E-state index contributed by atoms with van der Waals surface area (Å²) in [5, 5.41) is 0.473. The SMILES string of the molecule is CCc1ccc(C2c3c(oc4ccc(Br)cc4c3=O)C(=O)N2CCCOC(C)C)cc1. The summed E-state index contributed by atoms with van der Waals surface area (Å²) < 4.78 is 12.4. The number of hydrogen-bond acceptors (Lipinski definition) is 4. The molecular formula is C25H26BrNO4. The van der Waals surface area contributed by atoms with Gasteiger partial charge in [-0.1, -0.05) is 47.1 Å². The van der Waals surface area contributed by atoms with Crippen LogP contribution in [0.1, 0.15) is 60.5 Å². The van der Waals surface area contributed by atoms with Gasteiger partial charge >= 0.3 is 0 Å². The van der Waals surface area contributed by atoms with Crippen LogP contribution in [0, 0.1) is 0 Å². The van der Waals surface area contributed by atoms with Crippen LogP contribution in [0.2, 0.25) is 0 Å². The van der Waals surface area contributed by atoms with Crippen molar-refractivity contribution in [1.82, 2.24) is 4.90 Å². The summed E-state index contributed by atoms with van der Waals surface area (Å²) in [7, 11) is 0. The second kappa shape index (κ2) is 8.97. The standard InChI is InChI=1S/C25H26BrNO4/c1-4-16-6-8-17(9-7-16)22-21-23(28)19-14-18(26)10-11-20(19)31-24(21)25(29)27(22)12-5-13-30-15(2)3/h6-11,14-15,22H,4-5,12-13H2,1-3H3.